The lowest BCUT2D eigenvalue weighted by Crippen LogP contribution is -2.24. The number of hydrogen-bond acceptors (Lipinski definition) is 8. The summed E-state index contributed by atoms with van der Waals surface area (Å²) in [5.41, 5.74) is 0.830. The Morgan fingerprint density at radius 3 is 3.08 bits per heavy atom. The molecule has 1 aliphatic heterocycles. The summed E-state index contributed by atoms with van der Waals surface area (Å²) < 4.78 is 12.0. The molecular weight excluding hydrogens is 324 g/mol. The van der Waals surface area contributed by atoms with E-state index in [9.17, 15) is 4.79 Å². The molecule has 1 fully saturated rings. The van der Waals surface area contributed by atoms with Crippen LogP contribution in [0.1, 0.15) is 47.9 Å². The Hall–Kier alpha value is -2.97. The van der Waals surface area contributed by atoms with Gasteiger partial charge in [0, 0.05) is 12.7 Å². The minimum atomic E-state index is -0.423. The maximum Gasteiger partial charge on any atom is 0.343 e. The van der Waals surface area contributed by atoms with Crippen LogP contribution in [0.25, 0.3) is 5.65 Å². The molecule has 0 saturated carbocycles. The average Bonchev–Trinajstić information content (AvgIpc) is 3.32. The van der Waals surface area contributed by atoms with Gasteiger partial charge in [-0.25, -0.2) is 14.3 Å². The highest BCUT2D eigenvalue weighted by Crippen LogP contribution is 2.34. The van der Waals surface area contributed by atoms with Crippen molar-refractivity contribution in [3.05, 3.63) is 35.7 Å². The third kappa shape index (κ3) is 2.71. The smallest absolute Gasteiger partial charge is 0.343 e. The highest BCUT2D eigenvalue weighted by Gasteiger charge is 2.32. The highest BCUT2D eigenvalue weighted by atomic mass is 16.5. The Bertz CT molecular complexity index is 918. The van der Waals surface area contributed by atoms with Crippen molar-refractivity contribution < 1.29 is 14.1 Å². The summed E-state index contributed by atoms with van der Waals surface area (Å²) in [6, 6.07) is 1.86. The summed E-state index contributed by atoms with van der Waals surface area (Å²) in [5.74, 6) is 1.53. The van der Waals surface area contributed by atoms with Crippen LogP contribution < -0.4 is 4.90 Å². The Kier molecular flexibility index (Phi) is 3.83. The van der Waals surface area contributed by atoms with Gasteiger partial charge in [0.1, 0.15) is 17.4 Å². The molecule has 0 aromatic carbocycles. The molecular formula is C16H18N6O3. The summed E-state index contributed by atoms with van der Waals surface area (Å²) in [6.07, 6.45) is 5.18. The summed E-state index contributed by atoms with van der Waals surface area (Å²) in [4.78, 5) is 23.2. The molecule has 1 unspecified atom stereocenters. The summed E-state index contributed by atoms with van der Waals surface area (Å²) in [5, 5.41) is 8.04. The van der Waals surface area contributed by atoms with E-state index in [-0.39, 0.29) is 6.04 Å². The maximum atomic E-state index is 12.1. The zero-order valence-electron chi connectivity index (χ0n) is 14.0. The normalized spacial score (nSPS) is 17.4. The van der Waals surface area contributed by atoms with Crippen LogP contribution in [0.2, 0.25) is 0 Å². The van der Waals surface area contributed by atoms with Gasteiger partial charge in [0.15, 0.2) is 11.5 Å². The van der Waals surface area contributed by atoms with Crippen LogP contribution in [0, 0.1) is 6.92 Å². The second-order valence-electron chi connectivity index (χ2n) is 5.86. The lowest BCUT2D eigenvalue weighted by atomic mass is 10.2. The van der Waals surface area contributed by atoms with E-state index in [1.165, 1.54) is 6.20 Å². The maximum absolute atomic E-state index is 12.1. The molecule has 0 N–H and O–H groups in total. The van der Waals surface area contributed by atoms with Crippen LogP contribution in [0.5, 0.6) is 0 Å². The SMILES string of the molecule is CCOC(=O)c1cnn2ccc(N3CCCC3c3nc(C)no3)nc12. The van der Waals surface area contributed by atoms with Crippen LogP contribution in [-0.2, 0) is 4.74 Å². The van der Waals surface area contributed by atoms with E-state index in [0.29, 0.717) is 29.5 Å². The number of carbonyl (C=O) groups excluding carboxylic acids is 1. The fourth-order valence-electron chi connectivity index (χ4n) is 3.12. The van der Waals surface area contributed by atoms with Crippen molar-refractivity contribution in [1.82, 2.24) is 24.7 Å². The first-order chi connectivity index (χ1) is 12.2. The Labute approximate surface area is 143 Å². The monoisotopic (exact) mass is 342 g/mol. The van der Waals surface area contributed by atoms with Crippen LogP contribution >= 0.6 is 0 Å². The van der Waals surface area contributed by atoms with Crippen molar-refractivity contribution in [2.24, 2.45) is 0 Å². The largest absolute Gasteiger partial charge is 0.462 e. The zero-order chi connectivity index (χ0) is 17.4. The van der Waals surface area contributed by atoms with Gasteiger partial charge in [-0.15, -0.1) is 0 Å². The molecule has 9 heteroatoms. The van der Waals surface area contributed by atoms with E-state index in [1.807, 2.05) is 6.07 Å². The number of rotatable bonds is 4. The summed E-state index contributed by atoms with van der Waals surface area (Å²) >= 11 is 0. The van der Waals surface area contributed by atoms with E-state index in [2.05, 4.69) is 25.1 Å². The van der Waals surface area contributed by atoms with Crippen molar-refractivity contribution >= 4 is 17.4 Å². The van der Waals surface area contributed by atoms with Crippen LogP contribution in [0.3, 0.4) is 0 Å². The lowest BCUT2D eigenvalue weighted by molar-refractivity contribution is 0.0528. The van der Waals surface area contributed by atoms with Gasteiger partial charge < -0.3 is 14.2 Å². The second-order valence-corrected chi connectivity index (χ2v) is 5.86. The Morgan fingerprint density at radius 2 is 2.32 bits per heavy atom. The van der Waals surface area contributed by atoms with Crippen molar-refractivity contribution in [3.8, 4) is 0 Å². The number of hydrogen-bond donors (Lipinski definition) is 0. The van der Waals surface area contributed by atoms with Crippen molar-refractivity contribution in [3.63, 3.8) is 0 Å². The van der Waals surface area contributed by atoms with Crippen molar-refractivity contribution in [1.29, 1.82) is 0 Å². The van der Waals surface area contributed by atoms with Gasteiger partial charge in [0.2, 0.25) is 5.89 Å². The topological polar surface area (TPSA) is 98.7 Å². The third-order valence-corrected chi connectivity index (χ3v) is 4.23. The predicted molar refractivity (Wildman–Crippen MR) is 87.3 cm³/mol. The average molecular weight is 342 g/mol. The van der Waals surface area contributed by atoms with Gasteiger partial charge in [0.05, 0.1) is 12.8 Å². The number of ether oxygens (including phenoxy) is 1. The molecule has 130 valence electrons. The predicted octanol–water partition coefficient (Wildman–Crippen LogP) is 1.94. The first-order valence-electron chi connectivity index (χ1n) is 8.25. The van der Waals surface area contributed by atoms with Gasteiger partial charge in [-0.2, -0.15) is 10.1 Å². The Morgan fingerprint density at radius 1 is 1.44 bits per heavy atom. The number of esters is 1. The molecule has 0 spiro atoms. The summed E-state index contributed by atoms with van der Waals surface area (Å²) in [7, 11) is 0. The molecule has 1 atom stereocenters. The fraction of sp³-hybridized carbons (Fsp3) is 0.438. The van der Waals surface area contributed by atoms with Gasteiger partial charge in [-0.05, 0) is 32.8 Å². The molecule has 0 radical (unpaired) electrons. The number of anilines is 1. The first-order valence-corrected chi connectivity index (χ1v) is 8.25. The van der Waals surface area contributed by atoms with Crippen LogP contribution in [-0.4, -0.2) is 43.9 Å². The van der Waals surface area contributed by atoms with Crippen LogP contribution in [0.15, 0.2) is 23.0 Å². The van der Waals surface area contributed by atoms with Gasteiger partial charge >= 0.3 is 5.97 Å². The van der Waals surface area contributed by atoms with E-state index in [4.69, 9.17) is 9.26 Å². The molecule has 0 bridgehead atoms. The molecule has 3 aromatic rings. The molecule has 0 amide bonds. The molecule has 1 aliphatic rings. The lowest BCUT2D eigenvalue weighted by Gasteiger charge is -2.22. The molecule has 1 saturated heterocycles. The molecule has 4 heterocycles. The number of aromatic nitrogens is 5. The molecule has 4 rings (SSSR count). The molecule has 3 aromatic heterocycles. The van der Waals surface area contributed by atoms with E-state index in [1.54, 1.807) is 24.6 Å². The second kappa shape index (κ2) is 6.15. The van der Waals surface area contributed by atoms with Gasteiger partial charge in [-0.3, -0.25) is 0 Å². The van der Waals surface area contributed by atoms with E-state index >= 15 is 0 Å². The zero-order valence-corrected chi connectivity index (χ0v) is 14.0. The first kappa shape index (κ1) is 15.6. The fourth-order valence-corrected chi connectivity index (χ4v) is 3.12. The highest BCUT2D eigenvalue weighted by molar-refractivity contribution is 5.95. The van der Waals surface area contributed by atoms with E-state index in [0.717, 1.165) is 25.2 Å². The third-order valence-electron chi connectivity index (χ3n) is 4.23. The number of nitrogens with zero attached hydrogens (tertiary/aromatic N) is 6. The quantitative estimate of drug-likeness (QED) is 0.663. The van der Waals surface area contributed by atoms with E-state index < -0.39 is 5.97 Å². The molecule has 0 aliphatic carbocycles. The molecule has 9 nitrogen and oxygen atoms in total. The van der Waals surface area contributed by atoms with Crippen molar-refractivity contribution in [2.75, 3.05) is 18.1 Å². The molecule has 25 heavy (non-hydrogen) atoms. The van der Waals surface area contributed by atoms with Crippen LogP contribution in [0.4, 0.5) is 5.82 Å². The number of aryl methyl sites for hydroxylation is 1. The van der Waals surface area contributed by atoms with Gasteiger partial charge in [-0.1, -0.05) is 5.16 Å². The Balaban J connectivity index is 1.71. The van der Waals surface area contributed by atoms with Crippen molar-refractivity contribution in [2.45, 2.75) is 32.7 Å². The summed E-state index contributed by atoms with van der Waals surface area (Å²) in [6.45, 7) is 4.71. The van der Waals surface area contributed by atoms with Gasteiger partial charge in [0.25, 0.3) is 0 Å². The number of carbonyl (C=O) groups is 1. The number of fused-ring (bicyclic) bond motifs is 1. The minimum Gasteiger partial charge on any atom is -0.462 e. The minimum absolute atomic E-state index is 0.00915. The standard InChI is InChI=1S/C16H18N6O3/c1-3-24-16(23)11-9-17-22-8-6-13(19-14(11)22)21-7-4-5-12(21)15-18-10(2)20-25-15/h6,8-9,12H,3-5,7H2,1-2H3.